The zero-order chi connectivity index (χ0) is 24.9. The average Bonchev–Trinajstić information content (AvgIpc) is 3.36. The van der Waals surface area contributed by atoms with Crippen LogP contribution in [0.3, 0.4) is 0 Å². The van der Waals surface area contributed by atoms with Gasteiger partial charge in [-0.15, -0.1) is 0 Å². The van der Waals surface area contributed by atoms with Crippen LogP contribution in [-0.2, 0) is 0 Å². The van der Waals surface area contributed by atoms with E-state index in [9.17, 15) is 4.79 Å². The summed E-state index contributed by atoms with van der Waals surface area (Å²) < 4.78 is 1.79. The van der Waals surface area contributed by atoms with Crippen LogP contribution in [0.15, 0.2) is 114 Å². The summed E-state index contributed by atoms with van der Waals surface area (Å²) in [6, 6.07) is 35.5. The van der Waals surface area contributed by atoms with E-state index in [1.165, 1.54) is 6.21 Å². The van der Waals surface area contributed by atoms with Gasteiger partial charge in [-0.25, -0.2) is 10.1 Å². The molecule has 0 unspecified atom stereocenters. The zero-order valence-electron chi connectivity index (χ0n) is 19.6. The Kier molecular flexibility index (Phi) is 6.74. The first-order valence-electron chi connectivity index (χ1n) is 11.5. The number of nitrogens with zero attached hydrogens (tertiary/aromatic N) is 3. The Morgan fingerprint density at radius 3 is 2.28 bits per heavy atom. The third-order valence-corrected chi connectivity index (χ3v) is 6.10. The van der Waals surface area contributed by atoms with E-state index in [0.717, 1.165) is 33.6 Å². The molecule has 5 nitrogen and oxygen atoms in total. The summed E-state index contributed by atoms with van der Waals surface area (Å²) in [5.41, 5.74) is 9.52. The van der Waals surface area contributed by atoms with Crippen molar-refractivity contribution in [1.29, 1.82) is 0 Å². The van der Waals surface area contributed by atoms with Crippen molar-refractivity contribution in [2.45, 2.75) is 6.92 Å². The van der Waals surface area contributed by atoms with Gasteiger partial charge in [0.15, 0.2) is 5.69 Å². The highest BCUT2D eigenvalue weighted by Gasteiger charge is 2.17. The van der Waals surface area contributed by atoms with Crippen LogP contribution < -0.4 is 5.43 Å². The van der Waals surface area contributed by atoms with Crippen LogP contribution in [0.25, 0.3) is 28.1 Å². The molecule has 1 heterocycles. The Morgan fingerprint density at radius 2 is 1.53 bits per heavy atom. The van der Waals surface area contributed by atoms with Crippen molar-refractivity contribution in [2.75, 3.05) is 0 Å². The molecule has 0 saturated heterocycles. The van der Waals surface area contributed by atoms with Crippen LogP contribution in [-0.4, -0.2) is 21.9 Å². The molecule has 0 aliphatic rings. The molecule has 0 bridgehead atoms. The van der Waals surface area contributed by atoms with Gasteiger partial charge in [0.05, 0.1) is 17.6 Å². The number of halogens is 1. The van der Waals surface area contributed by atoms with Gasteiger partial charge in [0.2, 0.25) is 0 Å². The van der Waals surface area contributed by atoms with E-state index in [4.69, 9.17) is 11.6 Å². The minimum atomic E-state index is -0.410. The number of hydrogen-bond acceptors (Lipinski definition) is 3. The second kappa shape index (κ2) is 10.4. The van der Waals surface area contributed by atoms with Crippen LogP contribution in [0.2, 0.25) is 5.02 Å². The van der Waals surface area contributed by atoms with Gasteiger partial charge < -0.3 is 0 Å². The molecule has 4 aromatic carbocycles. The van der Waals surface area contributed by atoms with Gasteiger partial charge in [0, 0.05) is 16.1 Å². The van der Waals surface area contributed by atoms with Gasteiger partial charge in [0.1, 0.15) is 0 Å². The maximum Gasteiger partial charge on any atom is 0.291 e. The molecule has 0 spiro atoms. The lowest BCUT2D eigenvalue weighted by atomic mass is 10.0. The number of benzene rings is 4. The maximum absolute atomic E-state index is 12.9. The van der Waals surface area contributed by atoms with Gasteiger partial charge in [-0.1, -0.05) is 96.5 Å². The molecular formula is C30H23ClN4O. The van der Waals surface area contributed by atoms with Gasteiger partial charge in [-0.05, 0) is 47.9 Å². The van der Waals surface area contributed by atoms with E-state index in [1.807, 2.05) is 79.7 Å². The van der Waals surface area contributed by atoms with Gasteiger partial charge >= 0.3 is 0 Å². The largest absolute Gasteiger partial charge is 0.291 e. The van der Waals surface area contributed by atoms with Gasteiger partial charge in [0.25, 0.3) is 5.91 Å². The summed E-state index contributed by atoms with van der Waals surface area (Å²) in [7, 11) is 0. The van der Waals surface area contributed by atoms with E-state index < -0.39 is 5.91 Å². The highest BCUT2D eigenvalue weighted by molar-refractivity contribution is 6.33. The molecule has 5 rings (SSSR count). The summed E-state index contributed by atoms with van der Waals surface area (Å²) in [6.07, 6.45) is 1.51. The average molecular weight is 491 g/mol. The lowest BCUT2D eigenvalue weighted by molar-refractivity contribution is 0.0949. The standard InChI is InChI=1S/C30H23ClN4O/c1-21-8-7-12-26(18-21)35-29(24-16-14-23(15-17-24)22-9-3-2-4-10-22)19-28(34-35)30(36)33-32-20-25-11-5-6-13-27(25)31/h2-20H,1H3,(H,33,36)/b32-20-. The van der Waals surface area contributed by atoms with Crippen molar-refractivity contribution in [3.63, 3.8) is 0 Å². The first kappa shape index (κ1) is 23.3. The molecule has 0 aliphatic heterocycles. The number of amides is 1. The van der Waals surface area contributed by atoms with Crippen LogP contribution >= 0.6 is 11.6 Å². The highest BCUT2D eigenvalue weighted by atomic mass is 35.5. The lowest BCUT2D eigenvalue weighted by Gasteiger charge is -2.09. The second-order valence-electron chi connectivity index (χ2n) is 8.33. The number of carbonyl (C=O) groups is 1. The Morgan fingerprint density at radius 1 is 0.833 bits per heavy atom. The molecule has 6 heteroatoms. The number of aryl methyl sites for hydroxylation is 1. The molecule has 1 amide bonds. The first-order chi connectivity index (χ1) is 17.6. The fourth-order valence-electron chi connectivity index (χ4n) is 3.92. The fraction of sp³-hybridized carbons (Fsp3) is 0.0333. The zero-order valence-corrected chi connectivity index (χ0v) is 20.4. The third-order valence-electron chi connectivity index (χ3n) is 5.75. The molecule has 176 valence electrons. The quantitative estimate of drug-likeness (QED) is 0.207. The van der Waals surface area contributed by atoms with E-state index in [2.05, 4.69) is 39.9 Å². The molecule has 5 aromatic rings. The van der Waals surface area contributed by atoms with Crippen LogP contribution in [0.5, 0.6) is 0 Å². The maximum atomic E-state index is 12.9. The predicted molar refractivity (Wildman–Crippen MR) is 146 cm³/mol. The number of nitrogens with one attached hydrogen (secondary N) is 1. The van der Waals surface area contributed by atoms with E-state index in [0.29, 0.717) is 10.6 Å². The van der Waals surface area contributed by atoms with Crippen LogP contribution in [0, 0.1) is 6.92 Å². The summed E-state index contributed by atoms with van der Waals surface area (Å²) in [5.74, 6) is -0.410. The topological polar surface area (TPSA) is 59.3 Å². The monoisotopic (exact) mass is 490 g/mol. The molecule has 0 saturated carbocycles. The lowest BCUT2D eigenvalue weighted by Crippen LogP contribution is -2.18. The molecule has 0 fully saturated rings. The number of hydrogen-bond donors (Lipinski definition) is 1. The number of rotatable bonds is 6. The Bertz CT molecular complexity index is 1540. The minimum absolute atomic E-state index is 0.259. The number of aromatic nitrogens is 2. The SMILES string of the molecule is Cc1cccc(-n2nc(C(=O)N/N=C\c3ccccc3Cl)cc2-c2ccc(-c3ccccc3)cc2)c1. The van der Waals surface area contributed by atoms with E-state index in [-0.39, 0.29) is 5.69 Å². The van der Waals surface area contributed by atoms with Crippen molar-refractivity contribution in [3.8, 4) is 28.1 Å². The molecule has 36 heavy (non-hydrogen) atoms. The van der Waals surface area contributed by atoms with Crippen molar-refractivity contribution in [3.05, 3.63) is 131 Å². The smallest absolute Gasteiger partial charge is 0.265 e. The second-order valence-corrected chi connectivity index (χ2v) is 8.74. The van der Waals surface area contributed by atoms with Crippen molar-refractivity contribution >= 4 is 23.7 Å². The summed E-state index contributed by atoms with van der Waals surface area (Å²) in [5, 5.41) is 9.25. The van der Waals surface area contributed by atoms with Crippen molar-refractivity contribution in [2.24, 2.45) is 5.10 Å². The Labute approximate surface area is 214 Å². The fourth-order valence-corrected chi connectivity index (χ4v) is 4.10. The molecule has 0 atom stereocenters. The summed E-state index contributed by atoms with van der Waals surface area (Å²) in [6.45, 7) is 2.03. The predicted octanol–water partition coefficient (Wildman–Crippen LogP) is 6.93. The number of hydrazone groups is 1. The third kappa shape index (κ3) is 5.11. The minimum Gasteiger partial charge on any atom is -0.265 e. The van der Waals surface area contributed by atoms with Gasteiger partial charge in [-0.2, -0.15) is 10.2 Å². The van der Waals surface area contributed by atoms with Gasteiger partial charge in [-0.3, -0.25) is 4.79 Å². The number of carbonyl (C=O) groups excluding carboxylic acids is 1. The van der Waals surface area contributed by atoms with Crippen molar-refractivity contribution in [1.82, 2.24) is 15.2 Å². The van der Waals surface area contributed by atoms with Crippen LogP contribution in [0.1, 0.15) is 21.6 Å². The molecule has 0 radical (unpaired) electrons. The normalized spacial score (nSPS) is 11.1. The summed E-state index contributed by atoms with van der Waals surface area (Å²) >= 11 is 6.16. The Balaban J connectivity index is 1.47. The molecule has 1 N–H and O–H groups in total. The molecule has 0 aliphatic carbocycles. The highest BCUT2D eigenvalue weighted by Crippen LogP contribution is 2.28. The van der Waals surface area contributed by atoms with Crippen LogP contribution in [0.4, 0.5) is 0 Å². The van der Waals surface area contributed by atoms with E-state index >= 15 is 0 Å². The molecule has 1 aromatic heterocycles. The van der Waals surface area contributed by atoms with E-state index in [1.54, 1.807) is 16.8 Å². The molecular weight excluding hydrogens is 468 g/mol. The van der Waals surface area contributed by atoms with Crippen molar-refractivity contribution < 1.29 is 4.79 Å². The Hall–Kier alpha value is -4.48. The summed E-state index contributed by atoms with van der Waals surface area (Å²) in [4.78, 5) is 12.9. The first-order valence-corrected chi connectivity index (χ1v) is 11.9.